The number of ether oxygens (including phenoxy) is 2. The maximum absolute atomic E-state index is 13.5. The number of hydrogen-bond acceptors (Lipinski definition) is 4. The summed E-state index contributed by atoms with van der Waals surface area (Å²) in [7, 11) is 2.89. The molecule has 1 amide bonds. The van der Waals surface area contributed by atoms with Gasteiger partial charge in [0.1, 0.15) is 5.75 Å². The molecule has 0 radical (unpaired) electrons. The zero-order valence-electron chi connectivity index (χ0n) is 19.6. The van der Waals surface area contributed by atoms with Crippen LogP contribution in [-0.2, 0) is 26.9 Å². The lowest BCUT2D eigenvalue weighted by molar-refractivity contribution is -0.141. The number of nitrogens with one attached hydrogen (secondary N) is 1. The fourth-order valence-electron chi connectivity index (χ4n) is 4.69. The van der Waals surface area contributed by atoms with Gasteiger partial charge in [-0.05, 0) is 60.7 Å². The number of methoxy groups -OCH3 is 2. The highest BCUT2D eigenvalue weighted by atomic mass is 19.4. The van der Waals surface area contributed by atoms with E-state index in [2.05, 4.69) is 9.72 Å². The van der Waals surface area contributed by atoms with E-state index in [1.165, 1.54) is 13.2 Å². The van der Waals surface area contributed by atoms with Crippen LogP contribution in [0.2, 0.25) is 0 Å². The van der Waals surface area contributed by atoms with Crippen molar-refractivity contribution in [1.82, 2.24) is 9.88 Å². The Morgan fingerprint density at radius 1 is 1.09 bits per heavy atom. The van der Waals surface area contributed by atoms with Gasteiger partial charge in [0.2, 0.25) is 5.91 Å². The molecule has 0 spiro atoms. The van der Waals surface area contributed by atoms with E-state index in [0.717, 1.165) is 28.6 Å². The number of carbonyl (C=O) groups excluding carboxylic acids is 2. The van der Waals surface area contributed by atoms with Crippen LogP contribution in [0.1, 0.15) is 54.1 Å². The molecule has 0 bridgehead atoms. The molecular weight excluding hydrogens is 461 g/mol. The summed E-state index contributed by atoms with van der Waals surface area (Å²) in [6.07, 6.45) is -2.55. The van der Waals surface area contributed by atoms with Crippen LogP contribution >= 0.6 is 0 Å². The van der Waals surface area contributed by atoms with Crippen LogP contribution in [0.15, 0.2) is 42.5 Å². The average molecular weight is 489 g/mol. The zero-order chi connectivity index (χ0) is 25.2. The van der Waals surface area contributed by atoms with E-state index >= 15 is 0 Å². The number of halogens is 3. The van der Waals surface area contributed by atoms with Gasteiger partial charge < -0.3 is 19.4 Å². The summed E-state index contributed by atoms with van der Waals surface area (Å²) in [5.41, 5.74) is 2.14. The van der Waals surface area contributed by atoms with Gasteiger partial charge in [-0.25, -0.2) is 0 Å². The van der Waals surface area contributed by atoms with E-state index in [1.807, 2.05) is 18.2 Å². The van der Waals surface area contributed by atoms with Crippen LogP contribution in [0.4, 0.5) is 13.2 Å². The SMILES string of the molecule is COC(=O)CCCCC(=O)N1CCc2c([nH]c3ccc(OC)cc23)C1c1cccc(C(F)(F)F)c1. The van der Waals surface area contributed by atoms with Crippen molar-refractivity contribution in [3.63, 3.8) is 0 Å². The highest BCUT2D eigenvalue weighted by Crippen LogP contribution is 2.41. The van der Waals surface area contributed by atoms with E-state index < -0.39 is 17.8 Å². The quantitative estimate of drug-likeness (QED) is 0.357. The number of hydrogen-bond donors (Lipinski definition) is 1. The highest BCUT2D eigenvalue weighted by molar-refractivity contribution is 5.88. The first-order chi connectivity index (χ1) is 16.7. The van der Waals surface area contributed by atoms with Gasteiger partial charge in [-0.1, -0.05) is 12.1 Å². The Balaban J connectivity index is 1.71. The predicted molar refractivity (Wildman–Crippen MR) is 124 cm³/mol. The van der Waals surface area contributed by atoms with Gasteiger partial charge in [0, 0.05) is 36.0 Å². The topological polar surface area (TPSA) is 71.6 Å². The molecule has 6 nitrogen and oxygen atoms in total. The van der Waals surface area contributed by atoms with Crippen molar-refractivity contribution in [1.29, 1.82) is 0 Å². The number of rotatable bonds is 7. The van der Waals surface area contributed by atoms with E-state index in [0.29, 0.717) is 42.8 Å². The lowest BCUT2D eigenvalue weighted by atomic mass is 9.91. The first kappa shape index (κ1) is 24.6. The fraction of sp³-hybridized carbons (Fsp3) is 0.385. The van der Waals surface area contributed by atoms with E-state index in [9.17, 15) is 22.8 Å². The third-order valence-electron chi connectivity index (χ3n) is 6.43. The largest absolute Gasteiger partial charge is 0.497 e. The summed E-state index contributed by atoms with van der Waals surface area (Å²) in [5, 5.41) is 0.932. The number of benzene rings is 2. The number of carbonyl (C=O) groups is 2. The number of nitrogens with zero attached hydrogens (tertiary/aromatic N) is 1. The molecule has 1 N–H and O–H groups in total. The Labute approximate surface area is 201 Å². The smallest absolute Gasteiger partial charge is 0.416 e. The first-order valence-corrected chi connectivity index (χ1v) is 11.4. The third-order valence-corrected chi connectivity index (χ3v) is 6.43. The summed E-state index contributed by atoms with van der Waals surface area (Å²) in [4.78, 5) is 29.6. The van der Waals surface area contributed by atoms with E-state index in [1.54, 1.807) is 18.1 Å². The number of amides is 1. The standard InChI is InChI=1S/C26H27F3N2O4/c1-34-18-10-11-21-20(15-18)19-12-13-31(22(32)8-3-4-9-23(33)35-2)25(24(19)30-21)16-6-5-7-17(14-16)26(27,28)29/h5-7,10-11,14-15,25,30H,3-4,8-9,12-13H2,1-2H3. The van der Waals surface area contributed by atoms with Gasteiger partial charge in [0.25, 0.3) is 0 Å². The second-order valence-corrected chi connectivity index (χ2v) is 8.57. The van der Waals surface area contributed by atoms with Gasteiger partial charge in [0.15, 0.2) is 0 Å². The summed E-state index contributed by atoms with van der Waals surface area (Å²) < 4.78 is 50.5. The van der Waals surface area contributed by atoms with E-state index in [4.69, 9.17) is 4.74 Å². The fourth-order valence-corrected chi connectivity index (χ4v) is 4.69. The molecule has 1 aliphatic heterocycles. The second-order valence-electron chi connectivity index (χ2n) is 8.57. The molecule has 0 saturated carbocycles. The zero-order valence-corrected chi connectivity index (χ0v) is 19.6. The molecule has 35 heavy (non-hydrogen) atoms. The van der Waals surface area contributed by atoms with Crippen molar-refractivity contribution in [3.05, 3.63) is 64.8 Å². The molecule has 3 aromatic rings. The maximum atomic E-state index is 13.5. The summed E-state index contributed by atoms with van der Waals surface area (Å²) in [6, 6.07) is 10.0. The van der Waals surface area contributed by atoms with Gasteiger partial charge in [-0.3, -0.25) is 9.59 Å². The Bertz CT molecular complexity index is 1240. The minimum Gasteiger partial charge on any atom is -0.497 e. The molecule has 1 unspecified atom stereocenters. The molecule has 1 aliphatic rings. The number of unbranched alkanes of at least 4 members (excludes halogenated alkanes) is 1. The Hall–Kier alpha value is -3.49. The van der Waals surface area contributed by atoms with E-state index in [-0.39, 0.29) is 24.7 Å². The molecule has 4 rings (SSSR count). The predicted octanol–water partition coefficient (Wildman–Crippen LogP) is 5.40. The Kier molecular flexibility index (Phi) is 7.05. The molecule has 1 aromatic heterocycles. The number of aromatic nitrogens is 1. The minimum atomic E-state index is -4.50. The molecule has 186 valence electrons. The summed E-state index contributed by atoms with van der Waals surface area (Å²) in [5.74, 6) is 0.175. The minimum absolute atomic E-state index is 0.167. The second kappa shape index (κ2) is 10.0. The van der Waals surface area contributed by atoms with Gasteiger partial charge in [-0.15, -0.1) is 0 Å². The average Bonchev–Trinajstić information content (AvgIpc) is 3.23. The lowest BCUT2D eigenvalue weighted by Gasteiger charge is -2.36. The molecule has 1 atom stereocenters. The number of alkyl halides is 3. The summed E-state index contributed by atoms with van der Waals surface area (Å²) in [6.45, 7) is 0.369. The van der Waals surface area contributed by atoms with Gasteiger partial charge >= 0.3 is 12.1 Å². The Morgan fingerprint density at radius 3 is 2.57 bits per heavy atom. The van der Waals surface area contributed by atoms with Crippen molar-refractivity contribution in [3.8, 4) is 5.75 Å². The number of H-pyrrole nitrogens is 1. The van der Waals surface area contributed by atoms with Crippen molar-refractivity contribution >= 4 is 22.8 Å². The molecule has 0 aliphatic carbocycles. The number of fused-ring (bicyclic) bond motifs is 3. The lowest BCUT2D eigenvalue weighted by Crippen LogP contribution is -2.40. The molecule has 0 saturated heterocycles. The van der Waals surface area contributed by atoms with Crippen molar-refractivity contribution < 1.29 is 32.2 Å². The van der Waals surface area contributed by atoms with Crippen LogP contribution in [-0.4, -0.2) is 42.5 Å². The van der Waals surface area contributed by atoms with Gasteiger partial charge in [-0.2, -0.15) is 13.2 Å². The highest BCUT2D eigenvalue weighted by Gasteiger charge is 2.36. The number of esters is 1. The first-order valence-electron chi connectivity index (χ1n) is 11.4. The monoisotopic (exact) mass is 488 g/mol. The molecular formula is C26H27F3N2O4. The normalized spacial score (nSPS) is 15.7. The van der Waals surface area contributed by atoms with Crippen LogP contribution in [0, 0.1) is 0 Å². The van der Waals surface area contributed by atoms with Crippen LogP contribution in [0.25, 0.3) is 10.9 Å². The van der Waals surface area contributed by atoms with Crippen LogP contribution in [0.3, 0.4) is 0 Å². The van der Waals surface area contributed by atoms with Crippen molar-refractivity contribution in [2.24, 2.45) is 0 Å². The molecule has 2 heterocycles. The molecule has 9 heteroatoms. The van der Waals surface area contributed by atoms with Gasteiger partial charge in [0.05, 0.1) is 25.8 Å². The van der Waals surface area contributed by atoms with Crippen LogP contribution < -0.4 is 4.74 Å². The maximum Gasteiger partial charge on any atom is 0.416 e. The Morgan fingerprint density at radius 2 is 1.86 bits per heavy atom. The molecule has 0 fully saturated rings. The number of aromatic amines is 1. The third kappa shape index (κ3) is 5.13. The van der Waals surface area contributed by atoms with Crippen LogP contribution in [0.5, 0.6) is 5.75 Å². The summed E-state index contributed by atoms with van der Waals surface area (Å²) >= 11 is 0. The van der Waals surface area contributed by atoms with Crippen molar-refractivity contribution in [2.45, 2.75) is 44.3 Å². The van der Waals surface area contributed by atoms with Crippen molar-refractivity contribution in [2.75, 3.05) is 20.8 Å². The molecule has 2 aromatic carbocycles.